The first-order chi connectivity index (χ1) is 22.3. The van der Waals surface area contributed by atoms with E-state index in [1.807, 2.05) is 0 Å². The Balaban J connectivity index is 1.46. The Morgan fingerprint density at radius 1 is 0.915 bits per heavy atom. The summed E-state index contributed by atoms with van der Waals surface area (Å²) in [5.74, 6) is -5.10. The lowest BCUT2D eigenvalue weighted by atomic mass is 9.59. The molecule has 4 rings (SSSR count). The first-order valence-electron chi connectivity index (χ1n) is 18.3. The zero-order valence-electron chi connectivity index (χ0n) is 29.4. The molecule has 0 aromatic heterocycles. The Bertz CT molecular complexity index is 1210. The van der Waals surface area contributed by atoms with Crippen molar-refractivity contribution in [1.82, 2.24) is 0 Å². The smallest absolute Gasteiger partial charge is 0.306 e. The van der Waals surface area contributed by atoms with E-state index < -0.39 is 82.9 Å². The topological polar surface area (TPSA) is 151 Å². The Morgan fingerprint density at radius 2 is 1.47 bits per heavy atom. The summed E-state index contributed by atoms with van der Waals surface area (Å²) in [6, 6.07) is 0. The summed E-state index contributed by atoms with van der Waals surface area (Å²) in [6.07, 6.45) is 17.5. The van der Waals surface area contributed by atoms with Crippen LogP contribution in [0, 0.1) is 29.1 Å². The number of Topliss-reactive ketones (excluding diaryl/α,β-unsaturated/α-hetero) is 1. The summed E-state index contributed by atoms with van der Waals surface area (Å²) < 4.78 is 12.2. The predicted octanol–water partition coefficient (Wildman–Crippen LogP) is 5.51. The van der Waals surface area contributed by atoms with Crippen LogP contribution in [0.3, 0.4) is 0 Å². The van der Waals surface area contributed by atoms with Crippen LogP contribution in [0.5, 0.6) is 0 Å². The number of aliphatic hydroxyl groups is 4. The minimum atomic E-state index is -1.99. The molecule has 0 aromatic rings. The van der Waals surface area contributed by atoms with Gasteiger partial charge in [-0.05, 0) is 24.5 Å². The highest BCUT2D eigenvalue weighted by atomic mass is 16.6. The largest absolute Gasteiger partial charge is 0.458 e. The number of esters is 2. The van der Waals surface area contributed by atoms with Crippen LogP contribution in [0.2, 0.25) is 0 Å². The maximum absolute atomic E-state index is 13.4. The van der Waals surface area contributed by atoms with Gasteiger partial charge in [0.2, 0.25) is 0 Å². The number of hydrogen-bond donors (Lipinski definition) is 4. The summed E-state index contributed by atoms with van der Waals surface area (Å²) in [6.45, 7) is 7.68. The molecule has 9 nitrogen and oxygen atoms in total. The van der Waals surface area contributed by atoms with Gasteiger partial charge in [0.05, 0.1) is 18.8 Å². The molecule has 0 amide bonds. The number of aliphatic hydroxyl groups excluding tert-OH is 2. The maximum Gasteiger partial charge on any atom is 0.306 e. The molecule has 2 fully saturated rings. The van der Waals surface area contributed by atoms with E-state index in [4.69, 9.17) is 9.47 Å². The highest BCUT2D eigenvalue weighted by molar-refractivity contribution is 6.04. The summed E-state index contributed by atoms with van der Waals surface area (Å²) in [4.78, 5) is 39.3. The molecule has 2 saturated carbocycles. The van der Waals surface area contributed by atoms with Crippen molar-refractivity contribution >= 4 is 17.7 Å². The van der Waals surface area contributed by atoms with E-state index in [1.54, 1.807) is 32.9 Å². The number of ether oxygens (including phenoxy) is 2. The van der Waals surface area contributed by atoms with Gasteiger partial charge in [-0.15, -0.1) is 0 Å². The van der Waals surface area contributed by atoms with Gasteiger partial charge in [-0.1, -0.05) is 110 Å². The maximum atomic E-state index is 13.4. The second-order valence-electron chi connectivity index (χ2n) is 15.3. The van der Waals surface area contributed by atoms with Crippen LogP contribution in [0.15, 0.2) is 23.3 Å². The number of carbonyl (C=O) groups is 3. The van der Waals surface area contributed by atoms with Gasteiger partial charge in [-0.25, -0.2) is 0 Å². The Hall–Kier alpha value is -2.07. The molecule has 0 saturated heterocycles. The molecule has 0 bridgehead atoms. The van der Waals surface area contributed by atoms with Crippen molar-refractivity contribution in [3.8, 4) is 0 Å². The van der Waals surface area contributed by atoms with Gasteiger partial charge < -0.3 is 29.9 Å². The highest BCUT2D eigenvalue weighted by Gasteiger charge is 2.89. The summed E-state index contributed by atoms with van der Waals surface area (Å²) in [5.41, 5.74) is -5.65. The van der Waals surface area contributed by atoms with Crippen molar-refractivity contribution in [1.29, 1.82) is 0 Å². The first-order valence-corrected chi connectivity index (χ1v) is 18.3. The molecule has 4 aliphatic rings. The zero-order valence-corrected chi connectivity index (χ0v) is 29.4. The van der Waals surface area contributed by atoms with Crippen LogP contribution >= 0.6 is 0 Å². The number of fused-ring (bicyclic) bond motifs is 5. The zero-order chi connectivity index (χ0) is 34.6. The number of ketones is 1. The van der Waals surface area contributed by atoms with Crippen LogP contribution in [-0.4, -0.2) is 74.3 Å². The summed E-state index contributed by atoms with van der Waals surface area (Å²) in [5, 5.41) is 45.6. The van der Waals surface area contributed by atoms with Crippen LogP contribution in [-0.2, 0) is 23.9 Å². The molecule has 9 heteroatoms. The third-order valence-electron chi connectivity index (χ3n) is 12.1. The van der Waals surface area contributed by atoms with Crippen LogP contribution in [0.4, 0.5) is 0 Å². The molecule has 0 aliphatic heterocycles. The van der Waals surface area contributed by atoms with Crippen molar-refractivity contribution in [3.05, 3.63) is 23.3 Å². The fourth-order valence-corrected chi connectivity index (χ4v) is 9.57. The van der Waals surface area contributed by atoms with E-state index in [1.165, 1.54) is 64.7 Å². The third kappa shape index (κ3) is 6.75. The van der Waals surface area contributed by atoms with Crippen molar-refractivity contribution < 1.29 is 44.3 Å². The minimum absolute atomic E-state index is 0.166. The average Bonchev–Trinajstić information content (AvgIpc) is 3.51. The average molecular weight is 661 g/mol. The quantitative estimate of drug-likeness (QED) is 0.0848. The molecule has 0 aromatic carbocycles. The number of carbonyl (C=O) groups excluding carboxylic acids is 3. The molecule has 4 N–H and O–H groups in total. The Morgan fingerprint density at radius 3 is 1.98 bits per heavy atom. The number of hydrogen-bond acceptors (Lipinski definition) is 9. The van der Waals surface area contributed by atoms with Crippen molar-refractivity contribution in [3.63, 3.8) is 0 Å². The van der Waals surface area contributed by atoms with E-state index in [0.717, 1.165) is 19.3 Å². The van der Waals surface area contributed by atoms with Crippen molar-refractivity contribution in [2.45, 2.75) is 154 Å². The second-order valence-corrected chi connectivity index (χ2v) is 15.3. The fourth-order valence-electron chi connectivity index (χ4n) is 9.57. The lowest BCUT2D eigenvalue weighted by molar-refractivity contribution is -0.228. The molecule has 0 unspecified atom stereocenters. The normalized spacial score (nSPS) is 37.2. The van der Waals surface area contributed by atoms with Gasteiger partial charge in [0.15, 0.2) is 11.4 Å². The molecular formula is C38H60O9. The number of unbranched alkanes of at least 4 members (excludes halogenated alkanes) is 12. The number of rotatable bonds is 18. The van der Waals surface area contributed by atoms with Crippen molar-refractivity contribution in [2.24, 2.45) is 29.1 Å². The third-order valence-corrected chi connectivity index (χ3v) is 12.1. The summed E-state index contributed by atoms with van der Waals surface area (Å²) >= 11 is 0. The van der Waals surface area contributed by atoms with E-state index in [9.17, 15) is 34.8 Å². The van der Waals surface area contributed by atoms with E-state index >= 15 is 0 Å². The van der Waals surface area contributed by atoms with Gasteiger partial charge >= 0.3 is 11.9 Å². The molecule has 9 atom stereocenters. The van der Waals surface area contributed by atoms with Crippen LogP contribution in [0.1, 0.15) is 131 Å². The molecule has 0 spiro atoms. The van der Waals surface area contributed by atoms with Gasteiger partial charge in [-0.3, -0.25) is 14.4 Å². The Labute approximate surface area is 281 Å². The fraction of sp³-hybridized carbons (Fsp3) is 0.816. The minimum Gasteiger partial charge on any atom is -0.458 e. The van der Waals surface area contributed by atoms with Gasteiger partial charge in [-0.2, -0.15) is 0 Å². The van der Waals surface area contributed by atoms with Crippen molar-refractivity contribution in [2.75, 3.05) is 13.2 Å². The second kappa shape index (κ2) is 15.2. The summed E-state index contributed by atoms with van der Waals surface area (Å²) in [7, 11) is 0. The molecule has 266 valence electrons. The molecule has 0 radical (unpaired) electrons. The molecular weight excluding hydrogens is 600 g/mol. The van der Waals surface area contributed by atoms with E-state index in [-0.39, 0.29) is 12.8 Å². The lowest BCUT2D eigenvalue weighted by Crippen LogP contribution is -2.66. The van der Waals surface area contributed by atoms with Gasteiger partial charge in [0.1, 0.15) is 11.7 Å². The van der Waals surface area contributed by atoms with Gasteiger partial charge in [0.25, 0.3) is 0 Å². The molecule has 0 heterocycles. The standard InChI is InChI=1S/C38H60O9/c1-6-7-8-9-10-11-12-13-14-15-16-17-18-19-31(42)46-34-26(3)37(45)29(32-35(5,24-40)38(32,34)47-27(4)41)21-28(23-39)22-36(44)30(37)20-25(2)33(36)43/h20-21,26,29-30,32,34,39-40,44-45H,6-19,22-24H2,1-5H3/t26-,29+,30-,32+,34+,35-,36-,37+,38-/m1/s1. The lowest BCUT2D eigenvalue weighted by Gasteiger charge is -2.53. The van der Waals surface area contributed by atoms with Crippen LogP contribution in [0.25, 0.3) is 0 Å². The monoisotopic (exact) mass is 660 g/mol. The van der Waals surface area contributed by atoms with Gasteiger partial charge in [0, 0.05) is 48.9 Å². The van der Waals surface area contributed by atoms with E-state index in [2.05, 4.69) is 6.92 Å². The van der Waals surface area contributed by atoms with Crippen LogP contribution < -0.4 is 0 Å². The predicted molar refractivity (Wildman–Crippen MR) is 178 cm³/mol. The first kappa shape index (κ1) is 37.7. The highest BCUT2D eigenvalue weighted by Crippen LogP contribution is 2.77. The van der Waals surface area contributed by atoms with E-state index in [0.29, 0.717) is 17.6 Å². The molecule has 4 aliphatic carbocycles. The molecule has 47 heavy (non-hydrogen) atoms. The SMILES string of the molecule is CCCCCCCCCCCCCCCC(=O)O[C@H]1[C@@H](C)[C@]2(O)[C@@H](C=C(CO)C[C@]3(O)C(=O)C(C)=C[C@@H]23)[C@@H]2[C@]1(OC(C)=O)[C@]2(C)CO. The Kier molecular flexibility index (Phi) is 12.2.